The second-order valence-electron chi connectivity index (χ2n) is 5.70. The number of hydrogen-bond donors (Lipinski definition) is 1. The van der Waals surface area contributed by atoms with Gasteiger partial charge in [-0.2, -0.15) is 10.2 Å². The van der Waals surface area contributed by atoms with Gasteiger partial charge in [-0.15, -0.1) is 12.6 Å². The number of aliphatic imine (C=N–C) groups is 1. The van der Waals surface area contributed by atoms with Gasteiger partial charge in [-0.1, -0.05) is 12.1 Å². The van der Waals surface area contributed by atoms with Crippen molar-refractivity contribution in [3.05, 3.63) is 94.0 Å². The van der Waals surface area contributed by atoms with Gasteiger partial charge < -0.3 is 0 Å². The quantitative estimate of drug-likeness (QED) is 0.190. The number of thiol groups is 1. The van der Waals surface area contributed by atoms with E-state index in [1.165, 1.54) is 12.1 Å². The van der Waals surface area contributed by atoms with E-state index in [4.69, 9.17) is 0 Å². The minimum Gasteiger partial charge on any atom is -0.288 e. The summed E-state index contributed by atoms with van der Waals surface area (Å²) in [5.41, 5.74) is 3.45. The van der Waals surface area contributed by atoms with Gasteiger partial charge in [-0.05, 0) is 59.7 Å². The molecule has 3 aromatic carbocycles. The van der Waals surface area contributed by atoms with E-state index < -0.39 is 4.92 Å². The monoisotopic (exact) mass is 376 g/mol. The molecule has 0 aliphatic carbocycles. The highest BCUT2D eigenvalue weighted by Gasteiger charge is 2.02. The zero-order valence-corrected chi connectivity index (χ0v) is 15.2. The second kappa shape index (κ2) is 8.86. The molecule has 0 aliphatic rings. The largest absolute Gasteiger partial charge is 0.288 e. The molecule has 6 nitrogen and oxygen atoms in total. The summed E-state index contributed by atoms with van der Waals surface area (Å²) in [4.78, 5) is 15.5. The van der Waals surface area contributed by atoms with E-state index >= 15 is 0 Å². The van der Waals surface area contributed by atoms with Crippen LogP contribution in [0.5, 0.6) is 0 Å². The molecule has 0 saturated carbocycles. The van der Waals surface area contributed by atoms with Gasteiger partial charge in [-0.25, -0.2) is 0 Å². The smallest absolute Gasteiger partial charge is 0.269 e. The molecule has 0 N–H and O–H groups in total. The number of rotatable bonds is 6. The number of nitro benzene ring substituents is 1. The number of azo groups is 1. The molecule has 3 rings (SSSR count). The molecule has 3 aromatic rings. The first kappa shape index (κ1) is 18.5. The molecule has 0 heterocycles. The highest BCUT2D eigenvalue weighted by Crippen LogP contribution is 2.20. The molecule has 0 amide bonds. The lowest BCUT2D eigenvalue weighted by Crippen LogP contribution is -1.89. The average Bonchev–Trinajstić information content (AvgIpc) is 2.69. The predicted octanol–water partition coefficient (Wildman–Crippen LogP) is 5.92. The zero-order chi connectivity index (χ0) is 19.1. The highest BCUT2D eigenvalue weighted by molar-refractivity contribution is 7.80. The number of benzene rings is 3. The summed E-state index contributed by atoms with van der Waals surface area (Å²) in [7, 11) is 0. The van der Waals surface area contributed by atoms with Crippen LogP contribution in [0.25, 0.3) is 0 Å². The lowest BCUT2D eigenvalue weighted by Gasteiger charge is -1.98. The van der Waals surface area contributed by atoms with Gasteiger partial charge in [-0.3, -0.25) is 15.1 Å². The molecule has 0 fully saturated rings. The van der Waals surface area contributed by atoms with Crippen LogP contribution < -0.4 is 0 Å². The first-order chi connectivity index (χ1) is 13.1. The first-order valence-corrected chi connectivity index (χ1v) is 8.59. The summed E-state index contributed by atoms with van der Waals surface area (Å²) in [5, 5.41) is 19.0. The third kappa shape index (κ3) is 5.58. The maximum Gasteiger partial charge on any atom is 0.269 e. The average molecular weight is 376 g/mol. The van der Waals surface area contributed by atoms with E-state index in [-0.39, 0.29) is 5.69 Å². The fourth-order valence-corrected chi connectivity index (χ4v) is 2.39. The minimum atomic E-state index is -0.421. The Hall–Kier alpha value is -3.32. The van der Waals surface area contributed by atoms with Crippen LogP contribution in [0.3, 0.4) is 0 Å². The Morgan fingerprint density at radius 1 is 0.852 bits per heavy atom. The van der Waals surface area contributed by atoms with Crippen molar-refractivity contribution in [1.82, 2.24) is 0 Å². The summed E-state index contributed by atoms with van der Waals surface area (Å²) < 4.78 is 0. The van der Waals surface area contributed by atoms with Gasteiger partial charge in [0, 0.05) is 23.2 Å². The molecular formula is C20H16N4O2S. The van der Waals surface area contributed by atoms with E-state index in [2.05, 4.69) is 27.8 Å². The lowest BCUT2D eigenvalue weighted by molar-refractivity contribution is -0.384. The SMILES string of the molecule is O=[N+]([O-])c1ccc(C=NCc2ccc(N=Nc3ccc(S)cc3)cc2)cc1. The van der Waals surface area contributed by atoms with E-state index in [1.807, 2.05) is 48.5 Å². The van der Waals surface area contributed by atoms with Crippen LogP contribution >= 0.6 is 12.6 Å². The van der Waals surface area contributed by atoms with Crippen LogP contribution in [-0.4, -0.2) is 11.1 Å². The maximum atomic E-state index is 10.6. The Kier molecular flexibility index (Phi) is 6.06. The Bertz CT molecular complexity index is 966. The van der Waals surface area contributed by atoms with Crippen molar-refractivity contribution in [2.24, 2.45) is 15.2 Å². The zero-order valence-electron chi connectivity index (χ0n) is 14.3. The highest BCUT2D eigenvalue weighted by atomic mass is 32.1. The molecule has 0 radical (unpaired) electrons. The molecular weight excluding hydrogens is 360 g/mol. The normalized spacial score (nSPS) is 11.3. The Labute approximate surface area is 161 Å². The van der Waals surface area contributed by atoms with Crippen molar-refractivity contribution in [3.8, 4) is 0 Å². The van der Waals surface area contributed by atoms with Crippen molar-refractivity contribution in [1.29, 1.82) is 0 Å². The number of nitro groups is 1. The van der Waals surface area contributed by atoms with E-state index in [0.29, 0.717) is 6.54 Å². The molecule has 0 unspecified atom stereocenters. The topological polar surface area (TPSA) is 80.2 Å². The minimum absolute atomic E-state index is 0.0680. The number of hydrogen-bond acceptors (Lipinski definition) is 6. The predicted molar refractivity (Wildman–Crippen MR) is 109 cm³/mol. The van der Waals surface area contributed by atoms with E-state index in [9.17, 15) is 10.1 Å². The Morgan fingerprint density at radius 3 is 1.96 bits per heavy atom. The van der Waals surface area contributed by atoms with Crippen molar-refractivity contribution >= 4 is 35.9 Å². The van der Waals surface area contributed by atoms with Crippen LogP contribution in [0, 0.1) is 10.1 Å². The van der Waals surface area contributed by atoms with Crippen LogP contribution in [0.2, 0.25) is 0 Å². The van der Waals surface area contributed by atoms with Crippen LogP contribution in [0.4, 0.5) is 17.1 Å². The van der Waals surface area contributed by atoms with Crippen LogP contribution in [0.1, 0.15) is 11.1 Å². The van der Waals surface area contributed by atoms with Gasteiger partial charge >= 0.3 is 0 Å². The van der Waals surface area contributed by atoms with Crippen molar-refractivity contribution in [2.45, 2.75) is 11.4 Å². The lowest BCUT2D eigenvalue weighted by atomic mass is 10.2. The summed E-state index contributed by atoms with van der Waals surface area (Å²) in [6, 6.07) is 21.4. The van der Waals surface area contributed by atoms with Gasteiger partial charge in [0.2, 0.25) is 0 Å². The Morgan fingerprint density at radius 2 is 1.41 bits per heavy atom. The third-order valence-electron chi connectivity index (χ3n) is 3.69. The third-order valence-corrected chi connectivity index (χ3v) is 3.98. The van der Waals surface area contributed by atoms with Crippen LogP contribution in [0.15, 0.2) is 92.9 Å². The van der Waals surface area contributed by atoms with E-state index in [0.717, 1.165) is 27.4 Å². The second-order valence-corrected chi connectivity index (χ2v) is 6.22. The number of non-ortho nitro benzene ring substituents is 1. The molecule has 0 bridgehead atoms. The Balaban J connectivity index is 1.57. The molecule has 0 spiro atoms. The summed E-state index contributed by atoms with van der Waals surface area (Å²) in [6.07, 6.45) is 1.70. The van der Waals surface area contributed by atoms with Crippen molar-refractivity contribution in [3.63, 3.8) is 0 Å². The van der Waals surface area contributed by atoms with E-state index in [1.54, 1.807) is 18.3 Å². The van der Waals surface area contributed by atoms with Gasteiger partial charge in [0.15, 0.2) is 0 Å². The molecule has 0 aliphatic heterocycles. The van der Waals surface area contributed by atoms with Crippen molar-refractivity contribution in [2.75, 3.05) is 0 Å². The standard InChI is InChI=1S/C20H16N4O2S/c25-24(26)19-9-3-16(4-10-19)14-21-13-15-1-5-17(6-2-15)22-23-18-7-11-20(27)12-8-18/h1-12,14,27H,13H2. The molecule has 0 saturated heterocycles. The van der Waals surface area contributed by atoms with Gasteiger partial charge in [0.25, 0.3) is 5.69 Å². The van der Waals surface area contributed by atoms with Gasteiger partial charge in [0.1, 0.15) is 0 Å². The fraction of sp³-hybridized carbons (Fsp3) is 0.0500. The maximum absolute atomic E-state index is 10.6. The molecule has 27 heavy (non-hydrogen) atoms. The molecule has 0 atom stereocenters. The van der Waals surface area contributed by atoms with Crippen LogP contribution in [-0.2, 0) is 6.54 Å². The number of nitrogens with zero attached hydrogens (tertiary/aromatic N) is 4. The van der Waals surface area contributed by atoms with Gasteiger partial charge in [0.05, 0.1) is 22.8 Å². The summed E-state index contributed by atoms with van der Waals surface area (Å²) in [6.45, 7) is 0.512. The molecule has 7 heteroatoms. The fourth-order valence-electron chi connectivity index (χ4n) is 2.24. The first-order valence-electron chi connectivity index (χ1n) is 8.14. The summed E-state index contributed by atoms with van der Waals surface area (Å²) >= 11 is 4.23. The summed E-state index contributed by atoms with van der Waals surface area (Å²) in [5.74, 6) is 0. The molecule has 134 valence electrons. The van der Waals surface area contributed by atoms with Crippen molar-refractivity contribution < 1.29 is 4.92 Å². The molecule has 0 aromatic heterocycles.